The van der Waals surface area contributed by atoms with Gasteiger partial charge in [0.1, 0.15) is 28.0 Å². The molecule has 238 valence electrons. The van der Waals surface area contributed by atoms with Gasteiger partial charge >= 0.3 is 0 Å². The van der Waals surface area contributed by atoms with Crippen molar-refractivity contribution >= 4 is 65.8 Å². The normalized spacial score (nSPS) is 11.9. The highest BCUT2D eigenvalue weighted by Crippen LogP contribution is 2.38. The fourth-order valence-electron chi connectivity index (χ4n) is 7.40. The number of pyridine rings is 1. The number of para-hydroxylation sites is 2. The van der Waals surface area contributed by atoms with Gasteiger partial charge in [0.05, 0.1) is 11.2 Å². The standard InChI is InChI=1S/C44H25N5O2/c1-2-10-26(11-3-1)41-46-42(48-43(47-41)33-14-8-18-38-40(33)32-13-5-7-17-36(32)50-38)27-19-22-37-34(24-27)30-21-20-28(25-39(30)51-37)49-35-16-6-4-12-29(35)31-15-9-23-45-44(31)49/h1-25H. The van der Waals surface area contributed by atoms with E-state index >= 15 is 0 Å². The van der Waals surface area contributed by atoms with Crippen molar-refractivity contribution < 1.29 is 8.83 Å². The van der Waals surface area contributed by atoms with Gasteiger partial charge in [-0.1, -0.05) is 78.9 Å². The second-order valence-electron chi connectivity index (χ2n) is 12.7. The van der Waals surface area contributed by atoms with Crippen molar-refractivity contribution in [3.63, 3.8) is 0 Å². The molecule has 5 heterocycles. The van der Waals surface area contributed by atoms with Crippen molar-refractivity contribution in [2.24, 2.45) is 0 Å². The van der Waals surface area contributed by atoms with E-state index in [4.69, 9.17) is 28.8 Å². The van der Waals surface area contributed by atoms with Crippen molar-refractivity contribution in [2.75, 3.05) is 0 Å². The summed E-state index contributed by atoms with van der Waals surface area (Å²) >= 11 is 0. The van der Waals surface area contributed by atoms with Crippen molar-refractivity contribution in [3.8, 4) is 39.9 Å². The largest absolute Gasteiger partial charge is 0.456 e. The summed E-state index contributed by atoms with van der Waals surface area (Å²) < 4.78 is 14.9. The molecule has 11 rings (SSSR count). The summed E-state index contributed by atoms with van der Waals surface area (Å²) in [7, 11) is 0. The molecule has 51 heavy (non-hydrogen) atoms. The fraction of sp³-hybridized carbons (Fsp3) is 0. The van der Waals surface area contributed by atoms with Crippen molar-refractivity contribution in [2.45, 2.75) is 0 Å². The molecule has 7 nitrogen and oxygen atoms in total. The molecule has 0 radical (unpaired) electrons. The molecule has 0 aliphatic carbocycles. The minimum Gasteiger partial charge on any atom is -0.456 e. The number of fused-ring (bicyclic) bond motifs is 9. The zero-order valence-corrected chi connectivity index (χ0v) is 27.0. The first kappa shape index (κ1) is 27.8. The summed E-state index contributed by atoms with van der Waals surface area (Å²) in [5.74, 6) is 1.76. The number of hydrogen-bond donors (Lipinski definition) is 0. The first-order chi connectivity index (χ1) is 25.3. The van der Waals surface area contributed by atoms with Crippen LogP contribution in [-0.2, 0) is 0 Å². The Balaban J connectivity index is 1.09. The number of hydrogen-bond acceptors (Lipinski definition) is 6. The molecule has 0 spiro atoms. The van der Waals surface area contributed by atoms with Gasteiger partial charge in [0.15, 0.2) is 17.5 Å². The predicted molar refractivity (Wildman–Crippen MR) is 203 cm³/mol. The molecule has 6 aromatic carbocycles. The Morgan fingerprint density at radius 1 is 0.431 bits per heavy atom. The average molecular weight is 656 g/mol. The molecule has 7 heteroatoms. The molecule has 11 aromatic rings. The minimum absolute atomic E-state index is 0.577. The van der Waals surface area contributed by atoms with E-state index < -0.39 is 0 Å². The maximum atomic E-state index is 6.48. The molecule has 0 aliphatic heterocycles. The zero-order chi connectivity index (χ0) is 33.5. The van der Waals surface area contributed by atoms with E-state index in [0.717, 1.165) is 82.8 Å². The van der Waals surface area contributed by atoms with Gasteiger partial charge < -0.3 is 8.83 Å². The Labute approximate surface area is 290 Å². The molecular formula is C44H25N5O2. The van der Waals surface area contributed by atoms with Crippen LogP contribution in [0.4, 0.5) is 0 Å². The molecule has 0 N–H and O–H groups in total. The molecule has 5 aromatic heterocycles. The lowest BCUT2D eigenvalue weighted by molar-refractivity contribution is 0.668. The van der Waals surface area contributed by atoms with Gasteiger partial charge in [-0.15, -0.1) is 0 Å². The maximum absolute atomic E-state index is 6.48. The van der Waals surface area contributed by atoms with E-state index in [-0.39, 0.29) is 0 Å². The highest BCUT2D eigenvalue weighted by Gasteiger charge is 2.19. The Hall–Kier alpha value is -7.12. The van der Waals surface area contributed by atoms with Gasteiger partial charge in [-0.3, -0.25) is 4.57 Å². The van der Waals surface area contributed by atoms with Crippen molar-refractivity contribution in [1.29, 1.82) is 0 Å². The van der Waals surface area contributed by atoms with Crippen LogP contribution < -0.4 is 0 Å². The van der Waals surface area contributed by atoms with E-state index in [1.165, 1.54) is 5.39 Å². The third kappa shape index (κ3) is 4.25. The first-order valence-corrected chi connectivity index (χ1v) is 16.8. The molecule has 0 aliphatic rings. The molecule has 0 bridgehead atoms. The Morgan fingerprint density at radius 2 is 1.16 bits per heavy atom. The van der Waals surface area contributed by atoms with Gasteiger partial charge in [-0.25, -0.2) is 19.9 Å². The number of nitrogens with zero attached hydrogens (tertiary/aromatic N) is 5. The third-order valence-corrected chi connectivity index (χ3v) is 9.72. The quantitative estimate of drug-likeness (QED) is 0.188. The molecule has 0 saturated heterocycles. The number of rotatable bonds is 4. The summed E-state index contributed by atoms with van der Waals surface area (Å²) in [6.45, 7) is 0. The lowest BCUT2D eigenvalue weighted by Crippen LogP contribution is -2.00. The highest BCUT2D eigenvalue weighted by molar-refractivity contribution is 6.12. The zero-order valence-electron chi connectivity index (χ0n) is 27.0. The van der Waals surface area contributed by atoms with E-state index in [1.807, 2.05) is 85.1 Å². The monoisotopic (exact) mass is 655 g/mol. The van der Waals surface area contributed by atoms with E-state index in [2.05, 4.69) is 71.3 Å². The summed E-state index contributed by atoms with van der Waals surface area (Å²) in [5.41, 5.74) is 8.87. The Bertz CT molecular complexity index is 3100. The lowest BCUT2D eigenvalue weighted by atomic mass is 10.0. The topological polar surface area (TPSA) is 82.8 Å². The molecule has 0 saturated carbocycles. The second-order valence-corrected chi connectivity index (χ2v) is 12.7. The molecule has 0 fully saturated rings. The smallest absolute Gasteiger partial charge is 0.164 e. The van der Waals surface area contributed by atoms with Crippen LogP contribution in [0.3, 0.4) is 0 Å². The second kappa shape index (κ2) is 10.7. The predicted octanol–water partition coefficient (Wildman–Crippen LogP) is 11.2. The van der Waals surface area contributed by atoms with Gasteiger partial charge in [-0.05, 0) is 60.7 Å². The van der Waals surface area contributed by atoms with Crippen LogP contribution in [0.5, 0.6) is 0 Å². The van der Waals surface area contributed by atoms with Gasteiger partial charge in [0.2, 0.25) is 0 Å². The van der Waals surface area contributed by atoms with Crippen LogP contribution in [0, 0.1) is 0 Å². The van der Waals surface area contributed by atoms with Gasteiger partial charge in [-0.2, -0.15) is 0 Å². The molecule has 0 unspecified atom stereocenters. The van der Waals surface area contributed by atoms with E-state index in [9.17, 15) is 0 Å². The average Bonchev–Trinajstić information content (AvgIpc) is 3.87. The lowest BCUT2D eigenvalue weighted by Gasteiger charge is -2.09. The van der Waals surface area contributed by atoms with E-state index in [0.29, 0.717) is 17.5 Å². The molecular weight excluding hydrogens is 631 g/mol. The van der Waals surface area contributed by atoms with Crippen molar-refractivity contribution in [3.05, 3.63) is 152 Å². The Kier molecular flexibility index (Phi) is 5.83. The third-order valence-electron chi connectivity index (χ3n) is 9.72. The van der Waals surface area contributed by atoms with Crippen LogP contribution in [0.25, 0.3) is 106 Å². The summed E-state index contributed by atoms with van der Waals surface area (Å²) in [6.07, 6.45) is 1.84. The highest BCUT2D eigenvalue weighted by atomic mass is 16.3. The van der Waals surface area contributed by atoms with Crippen LogP contribution in [0.15, 0.2) is 161 Å². The Morgan fingerprint density at radius 3 is 2.08 bits per heavy atom. The number of furan rings is 2. The van der Waals surface area contributed by atoms with Crippen LogP contribution >= 0.6 is 0 Å². The van der Waals surface area contributed by atoms with Crippen molar-refractivity contribution in [1.82, 2.24) is 24.5 Å². The SMILES string of the molecule is c1ccc(-c2nc(-c3ccc4oc5cc(-n6c7ccccc7c7cccnc76)ccc5c4c3)nc(-c3cccc4oc5ccccc5c34)n2)cc1. The van der Waals surface area contributed by atoms with Gasteiger partial charge in [0.25, 0.3) is 0 Å². The van der Waals surface area contributed by atoms with Crippen LogP contribution in [-0.4, -0.2) is 24.5 Å². The molecule has 0 amide bonds. The first-order valence-electron chi connectivity index (χ1n) is 16.8. The number of aromatic nitrogens is 5. The van der Waals surface area contributed by atoms with Crippen LogP contribution in [0.2, 0.25) is 0 Å². The maximum Gasteiger partial charge on any atom is 0.164 e. The van der Waals surface area contributed by atoms with E-state index in [1.54, 1.807) is 0 Å². The van der Waals surface area contributed by atoms with Gasteiger partial charge in [0, 0.05) is 61.3 Å². The fourth-order valence-corrected chi connectivity index (χ4v) is 7.40. The molecule has 0 atom stereocenters. The summed E-state index contributed by atoms with van der Waals surface area (Å²) in [5, 5.41) is 6.28. The number of benzene rings is 6. The van der Waals surface area contributed by atoms with Crippen LogP contribution in [0.1, 0.15) is 0 Å². The summed E-state index contributed by atoms with van der Waals surface area (Å²) in [4.78, 5) is 19.9. The minimum atomic E-state index is 0.577. The summed E-state index contributed by atoms with van der Waals surface area (Å²) in [6, 6.07) is 49.1.